The maximum atomic E-state index is 11.6. The lowest BCUT2D eigenvalue weighted by Crippen LogP contribution is -2.26. The molecular formula is C17H18N6O. The van der Waals surface area contributed by atoms with Gasteiger partial charge in [0.1, 0.15) is 0 Å². The summed E-state index contributed by atoms with van der Waals surface area (Å²) in [5, 5.41) is 12.1. The van der Waals surface area contributed by atoms with Crippen molar-refractivity contribution in [3.63, 3.8) is 0 Å². The molecule has 1 aliphatic rings. The summed E-state index contributed by atoms with van der Waals surface area (Å²) in [6.45, 7) is 2.08. The van der Waals surface area contributed by atoms with Crippen LogP contribution in [0.25, 0.3) is 5.69 Å². The summed E-state index contributed by atoms with van der Waals surface area (Å²) in [5.41, 5.74) is 9.87. The molecule has 7 nitrogen and oxygen atoms in total. The summed E-state index contributed by atoms with van der Waals surface area (Å²) < 4.78 is 3.71. The van der Waals surface area contributed by atoms with Crippen LogP contribution in [0.2, 0.25) is 0 Å². The quantitative estimate of drug-likeness (QED) is 0.745. The summed E-state index contributed by atoms with van der Waals surface area (Å²) in [6, 6.07) is 9.94. The van der Waals surface area contributed by atoms with E-state index in [4.69, 9.17) is 5.73 Å². The van der Waals surface area contributed by atoms with Crippen LogP contribution in [0.4, 0.5) is 0 Å². The molecule has 3 aromatic rings. The van der Waals surface area contributed by atoms with Crippen LogP contribution in [0.5, 0.6) is 0 Å². The Balaban J connectivity index is 1.64. The number of hydrogen-bond donors (Lipinski definition) is 2. The van der Waals surface area contributed by atoms with Crippen LogP contribution in [0.15, 0.2) is 42.7 Å². The number of primary amides is 1. The monoisotopic (exact) mass is 322 g/mol. The maximum absolute atomic E-state index is 11.6. The molecule has 0 aliphatic carbocycles. The van der Waals surface area contributed by atoms with E-state index >= 15 is 0 Å². The molecule has 24 heavy (non-hydrogen) atoms. The maximum Gasteiger partial charge on any atom is 0.269 e. The average molecular weight is 322 g/mol. The van der Waals surface area contributed by atoms with Gasteiger partial charge in [0.15, 0.2) is 5.69 Å². The number of carbonyl (C=O) groups excluding carboxylic acids is 1. The first-order chi connectivity index (χ1) is 11.7. The average Bonchev–Trinajstić information content (AvgIpc) is 3.22. The van der Waals surface area contributed by atoms with E-state index in [1.807, 2.05) is 52.1 Å². The third kappa shape index (κ3) is 2.59. The van der Waals surface area contributed by atoms with Crippen molar-refractivity contribution in [2.45, 2.75) is 19.5 Å². The van der Waals surface area contributed by atoms with E-state index in [1.165, 1.54) is 0 Å². The van der Waals surface area contributed by atoms with Gasteiger partial charge in [0, 0.05) is 42.5 Å². The lowest BCUT2D eigenvalue weighted by Gasteiger charge is -2.15. The second kappa shape index (κ2) is 5.93. The van der Waals surface area contributed by atoms with E-state index in [2.05, 4.69) is 15.5 Å². The molecular weight excluding hydrogens is 304 g/mol. The van der Waals surface area contributed by atoms with Gasteiger partial charge in [-0.05, 0) is 12.1 Å². The predicted molar refractivity (Wildman–Crippen MR) is 88.8 cm³/mol. The van der Waals surface area contributed by atoms with Crippen molar-refractivity contribution in [2.24, 2.45) is 5.73 Å². The molecule has 3 heterocycles. The Morgan fingerprint density at radius 2 is 2.12 bits per heavy atom. The Bertz CT molecular complexity index is 880. The van der Waals surface area contributed by atoms with Gasteiger partial charge in [0.2, 0.25) is 0 Å². The predicted octanol–water partition coefficient (Wildman–Crippen LogP) is 0.862. The van der Waals surface area contributed by atoms with Crippen molar-refractivity contribution in [1.82, 2.24) is 24.9 Å². The van der Waals surface area contributed by atoms with Crippen LogP contribution in [0.3, 0.4) is 0 Å². The number of nitrogens with zero attached hydrogens (tertiary/aromatic N) is 4. The molecule has 0 fully saturated rings. The number of para-hydroxylation sites is 1. The van der Waals surface area contributed by atoms with Gasteiger partial charge < -0.3 is 11.1 Å². The number of aromatic nitrogens is 4. The first kappa shape index (κ1) is 14.6. The van der Waals surface area contributed by atoms with E-state index in [1.54, 1.807) is 0 Å². The summed E-state index contributed by atoms with van der Waals surface area (Å²) in [5.74, 6) is -0.478. The van der Waals surface area contributed by atoms with E-state index in [9.17, 15) is 4.79 Å². The van der Waals surface area contributed by atoms with Gasteiger partial charge in [0.25, 0.3) is 5.91 Å². The van der Waals surface area contributed by atoms with Crippen LogP contribution in [-0.4, -0.2) is 32.0 Å². The molecule has 0 bridgehead atoms. The van der Waals surface area contributed by atoms with Gasteiger partial charge in [-0.2, -0.15) is 10.2 Å². The lowest BCUT2D eigenvalue weighted by molar-refractivity contribution is 0.0993. The smallest absolute Gasteiger partial charge is 0.269 e. The van der Waals surface area contributed by atoms with Gasteiger partial charge in [-0.3, -0.25) is 9.48 Å². The highest BCUT2D eigenvalue weighted by Gasteiger charge is 2.23. The van der Waals surface area contributed by atoms with Crippen molar-refractivity contribution < 1.29 is 4.79 Å². The Hall–Kier alpha value is -2.93. The molecule has 0 atom stereocenters. The fourth-order valence-corrected chi connectivity index (χ4v) is 3.09. The Kier molecular flexibility index (Phi) is 3.62. The molecule has 0 spiro atoms. The zero-order chi connectivity index (χ0) is 16.5. The SMILES string of the molecule is NC(=O)c1nn(Cc2cnn(-c3ccccc3)c2)c2c1CNCC2. The van der Waals surface area contributed by atoms with Crippen LogP contribution in [0.1, 0.15) is 27.3 Å². The van der Waals surface area contributed by atoms with Crippen LogP contribution in [-0.2, 0) is 19.5 Å². The summed E-state index contributed by atoms with van der Waals surface area (Å²) in [7, 11) is 0. The van der Waals surface area contributed by atoms with Gasteiger partial charge in [-0.25, -0.2) is 4.68 Å². The second-order valence-corrected chi connectivity index (χ2v) is 5.85. The first-order valence-corrected chi connectivity index (χ1v) is 7.90. The highest BCUT2D eigenvalue weighted by atomic mass is 16.1. The largest absolute Gasteiger partial charge is 0.364 e. The number of nitrogens with two attached hydrogens (primary N) is 1. The zero-order valence-electron chi connectivity index (χ0n) is 13.1. The molecule has 1 aromatic carbocycles. The molecule has 1 amide bonds. The van der Waals surface area contributed by atoms with Crippen LogP contribution < -0.4 is 11.1 Å². The van der Waals surface area contributed by atoms with E-state index in [0.717, 1.165) is 35.5 Å². The van der Waals surface area contributed by atoms with Crippen molar-refractivity contribution >= 4 is 5.91 Å². The van der Waals surface area contributed by atoms with Crippen molar-refractivity contribution in [2.75, 3.05) is 6.54 Å². The van der Waals surface area contributed by atoms with Gasteiger partial charge in [-0.15, -0.1) is 0 Å². The number of amides is 1. The van der Waals surface area contributed by atoms with Gasteiger partial charge in [0.05, 0.1) is 18.4 Å². The fraction of sp³-hybridized carbons (Fsp3) is 0.235. The van der Waals surface area contributed by atoms with E-state index < -0.39 is 5.91 Å². The molecule has 0 unspecified atom stereocenters. The molecule has 2 aromatic heterocycles. The summed E-state index contributed by atoms with van der Waals surface area (Å²) in [6.07, 6.45) is 4.64. The Morgan fingerprint density at radius 3 is 2.92 bits per heavy atom. The number of rotatable bonds is 4. The number of nitrogens with one attached hydrogen (secondary N) is 1. The molecule has 4 rings (SSSR count). The summed E-state index contributed by atoms with van der Waals surface area (Å²) >= 11 is 0. The first-order valence-electron chi connectivity index (χ1n) is 7.90. The van der Waals surface area contributed by atoms with E-state index in [-0.39, 0.29) is 0 Å². The molecule has 0 radical (unpaired) electrons. The van der Waals surface area contributed by atoms with Gasteiger partial charge in [-0.1, -0.05) is 18.2 Å². The van der Waals surface area contributed by atoms with Crippen molar-refractivity contribution in [3.05, 3.63) is 65.2 Å². The zero-order valence-corrected chi connectivity index (χ0v) is 13.1. The minimum Gasteiger partial charge on any atom is -0.364 e. The number of hydrogen-bond acceptors (Lipinski definition) is 4. The number of fused-ring (bicyclic) bond motifs is 1. The second-order valence-electron chi connectivity index (χ2n) is 5.85. The molecule has 1 aliphatic heterocycles. The molecule has 7 heteroatoms. The minimum atomic E-state index is -0.478. The third-order valence-electron chi connectivity index (χ3n) is 4.23. The highest BCUT2D eigenvalue weighted by molar-refractivity contribution is 5.92. The standard InChI is InChI=1S/C17H18N6O/c18-17(24)16-14-9-19-7-6-15(14)23(21-16)11-12-8-20-22(10-12)13-4-2-1-3-5-13/h1-5,8,10,19H,6-7,9,11H2,(H2,18,24). The Labute approximate surface area is 139 Å². The van der Waals surface area contributed by atoms with Crippen molar-refractivity contribution in [1.29, 1.82) is 0 Å². The van der Waals surface area contributed by atoms with Gasteiger partial charge >= 0.3 is 0 Å². The minimum absolute atomic E-state index is 0.368. The van der Waals surface area contributed by atoms with Crippen molar-refractivity contribution in [3.8, 4) is 5.69 Å². The van der Waals surface area contributed by atoms with E-state index in [0.29, 0.717) is 18.8 Å². The van der Waals surface area contributed by atoms with Crippen LogP contribution >= 0.6 is 0 Å². The molecule has 122 valence electrons. The molecule has 0 saturated carbocycles. The highest BCUT2D eigenvalue weighted by Crippen LogP contribution is 2.19. The normalized spacial score (nSPS) is 13.7. The Morgan fingerprint density at radius 1 is 1.29 bits per heavy atom. The molecule has 3 N–H and O–H groups in total. The topological polar surface area (TPSA) is 90.8 Å². The number of benzene rings is 1. The summed E-state index contributed by atoms with van der Waals surface area (Å²) in [4.78, 5) is 11.6. The number of carbonyl (C=O) groups is 1. The third-order valence-corrected chi connectivity index (χ3v) is 4.23. The lowest BCUT2D eigenvalue weighted by atomic mass is 10.1. The molecule has 0 saturated heterocycles. The van der Waals surface area contributed by atoms with Crippen LogP contribution in [0, 0.1) is 0 Å². The fourth-order valence-electron chi connectivity index (χ4n) is 3.09.